The Morgan fingerprint density at radius 1 is 1.67 bits per heavy atom. The summed E-state index contributed by atoms with van der Waals surface area (Å²) in [6.45, 7) is 6.07. The Bertz CT molecular complexity index is 433. The van der Waals surface area contributed by atoms with Crippen molar-refractivity contribution in [3.8, 4) is 0 Å². The molecule has 1 saturated heterocycles. The van der Waals surface area contributed by atoms with Gasteiger partial charge in [0.25, 0.3) is 5.91 Å². The van der Waals surface area contributed by atoms with Crippen LogP contribution in [0.15, 0.2) is 12.3 Å². The van der Waals surface area contributed by atoms with E-state index in [1.165, 1.54) is 0 Å². The summed E-state index contributed by atoms with van der Waals surface area (Å²) < 4.78 is 7.49. The Morgan fingerprint density at radius 2 is 2.44 bits per heavy atom. The van der Waals surface area contributed by atoms with Crippen LogP contribution in [0.1, 0.15) is 37.2 Å². The number of nitrogens with zero attached hydrogens (tertiary/aromatic N) is 1. The van der Waals surface area contributed by atoms with Crippen molar-refractivity contribution in [2.75, 3.05) is 18.9 Å². The summed E-state index contributed by atoms with van der Waals surface area (Å²) in [7, 11) is 0. The molecule has 5 nitrogen and oxygen atoms in total. The topological polar surface area (TPSA) is 69.3 Å². The summed E-state index contributed by atoms with van der Waals surface area (Å²) in [5.41, 5.74) is 6.72. The molecular weight excluding hydrogens is 230 g/mol. The number of nitrogens with one attached hydrogen (secondary N) is 1. The van der Waals surface area contributed by atoms with Crippen LogP contribution in [0, 0.1) is 0 Å². The smallest absolute Gasteiger partial charge is 0.268 e. The highest BCUT2D eigenvalue weighted by molar-refractivity contribution is 5.93. The second-order valence-electron chi connectivity index (χ2n) is 5.03. The number of aryl methyl sites for hydroxylation is 1. The summed E-state index contributed by atoms with van der Waals surface area (Å²) in [5.74, 6) is -0.0923. The molecule has 0 saturated carbocycles. The number of hydrogen-bond donors (Lipinski definition) is 2. The van der Waals surface area contributed by atoms with E-state index in [2.05, 4.69) is 5.32 Å². The van der Waals surface area contributed by atoms with Crippen molar-refractivity contribution in [3.63, 3.8) is 0 Å². The van der Waals surface area contributed by atoms with Gasteiger partial charge in [0.05, 0.1) is 11.3 Å². The van der Waals surface area contributed by atoms with Crippen LogP contribution in [0.5, 0.6) is 0 Å². The first-order valence-corrected chi connectivity index (χ1v) is 6.42. The second kappa shape index (κ2) is 5.02. The van der Waals surface area contributed by atoms with Crippen LogP contribution in [-0.4, -0.2) is 29.2 Å². The first-order chi connectivity index (χ1) is 8.54. The third-order valence-electron chi connectivity index (χ3n) is 3.41. The molecule has 0 bridgehead atoms. The Labute approximate surface area is 107 Å². The molecule has 1 amide bonds. The standard InChI is InChI=1S/C13H21N3O2/c1-3-16-8-10(14)7-11(16)12(17)15-9-13(2)5-4-6-18-13/h7-8H,3-6,9,14H2,1-2H3,(H,15,17). The molecule has 2 heterocycles. The zero-order valence-electron chi connectivity index (χ0n) is 11.0. The molecule has 3 N–H and O–H groups in total. The highest BCUT2D eigenvalue weighted by atomic mass is 16.5. The molecule has 0 aliphatic carbocycles. The minimum Gasteiger partial charge on any atom is -0.397 e. The van der Waals surface area contributed by atoms with Crippen LogP contribution in [0.2, 0.25) is 0 Å². The Kier molecular flexibility index (Phi) is 3.61. The highest BCUT2D eigenvalue weighted by Gasteiger charge is 2.30. The third kappa shape index (κ3) is 2.67. The largest absolute Gasteiger partial charge is 0.397 e. The quantitative estimate of drug-likeness (QED) is 0.849. The lowest BCUT2D eigenvalue weighted by molar-refractivity contribution is 0.0205. The van der Waals surface area contributed by atoms with Gasteiger partial charge in [0.15, 0.2) is 0 Å². The molecule has 1 atom stereocenters. The van der Waals surface area contributed by atoms with Crippen LogP contribution in [-0.2, 0) is 11.3 Å². The lowest BCUT2D eigenvalue weighted by Crippen LogP contribution is -2.40. The fraction of sp³-hybridized carbons (Fsp3) is 0.615. The molecule has 1 aliphatic rings. The van der Waals surface area contributed by atoms with E-state index in [0.29, 0.717) is 17.9 Å². The van der Waals surface area contributed by atoms with Crippen molar-refractivity contribution in [1.29, 1.82) is 0 Å². The Hall–Kier alpha value is -1.49. The van der Waals surface area contributed by atoms with Crippen LogP contribution in [0.3, 0.4) is 0 Å². The molecule has 100 valence electrons. The number of aromatic nitrogens is 1. The molecule has 1 unspecified atom stereocenters. The Morgan fingerprint density at radius 3 is 3.06 bits per heavy atom. The first kappa shape index (κ1) is 13.0. The summed E-state index contributed by atoms with van der Waals surface area (Å²) in [4.78, 5) is 12.1. The fourth-order valence-electron chi connectivity index (χ4n) is 2.32. The number of rotatable bonds is 4. The number of hydrogen-bond acceptors (Lipinski definition) is 3. The summed E-state index contributed by atoms with van der Waals surface area (Å²) in [5, 5.41) is 2.93. The Balaban J connectivity index is 1.99. The fourth-order valence-corrected chi connectivity index (χ4v) is 2.32. The number of ether oxygens (including phenoxy) is 1. The highest BCUT2D eigenvalue weighted by Crippen LogP contribution is 2.24. The average molecular weight is 251 g/mol. The molecule has 0 aromatic carbocycles. The van der Waals surface area contributed by atoms with E-state index in [9.17, 15) is 4.79 Å². The van der Waals surface area contributed by atoms with Crippen molar-refractivity contribution in [2.24, 2.45) is 0 Å². The van der Waals surface area contributed by atoms with Crippen molar-refractivity contribution in [3.05, 3.63) is 18.0 Å². The van der Waals surface area contributed by atoms with E-state index < -0.39 is 0 Å². The molecule has 0 spiro atoms. The summed E-state index contributed by atoms with van der Waals surface area (Å²) in [6, 6.07) is 1.71. The maximum atomic E-state index is 12.1. The SMILES string of the molecule is CCn1cc(N)cc1C(=O)NCC1(C)CCCO1. The maximum Gasteiger partial charge on any atom is 0.268 e. The van der Waals surface area contributed by atoms with E-state index >= 15 is 0 Å². The van der Waals surface area contributed by atoms with Gasteiger partial charge < -0.3 is 20.4 Å². The lowest BCUT2D eigenvalue weighted by atomic mass is 10.0. The number of carbonyl (C=O) groups is 1. The van der Waals surface area contributed by atoms with Gasteiger partial charge >= 0.3 is 0 Å². The first-order valence-electron chi connectivity index (χ1n) is 6.42. The van der Waals surface area contributed by atoms with Crippen LogP contribution < -0.4 is 11.1 Å². The molecule has 5 heteroatoms. The molecule has 2 rings (SSSR count). The van der Waals surface area contributed by atoms with Gasteiger partial charge in [-0.15, -0.1) is 0 Å². The van der Waals surface area contributed by atoms with Gasteiger partial charge in [-0.2, -0.15) is 0 Å². The summed E-state index contributed by atoms with van der Waals surface area (Å²) >= 11 is 0. The van der Waals surface area contributed by atoms with Crippen molar-refractivity contribution in [1.82, 2.24) is 9.88 Å². The van der Waals surface area contributed by atoms with Gasteiger partial charge in [-0.05, 0) is 32.8 Å². The van der Waals surface area contributed by atoms with Gasteiger partial charge in [0.2, 0.25) is 0 Å². The van der Waals surface area contributed by atoms with E-state index in [1.54, 1.807) is 12.3 Å². The van der Waals surface area contributed by atoms with Crippen molar-refractivity contribution in [2.45, 2.75) is 38.8 Å². The number of carbonyl (C=O) groups excluding carboxylic acids is 1. The molecule has 0 radical (unpaired) electrons. The van der Waals surface area contributed by atoms with E-state index in [1.807, 2.05) is 18.4 Å². The number of nitrogens with two attached hydrogens (primary N) is 1. The minimum atomic E-state index is -0.217. The number of anilines is 1. The monoisotopic (exact) mass is 251 g/mol. The lowest BCUT2D eigenvalue weighted by Gasteiger charge is -2.23. The average Bonchev–Trinajstić information content (AvgIpc) is 2.93. The van der Waals surface area contributed by atoms with Crippen molar-refractivity contribution < 1.29 is 9.53 Å². The van der Waals surface area contributed by atoms with Gasteiger partial charge in [0, 0.05) is 25.9 Å². The molecule has 1 aromatic heterocycles. The number of nitrogen functional groups attached to an aromatic ring is 1. The molecule has 18 heavy (non-hydrogen) atoms. The third-order valence-corrected chi connectivity index (χ3v) is 3.41. The van der Waals surface area contributed by atoms with Gasteiger partial charge in [-0.25, -0.2) is 0 Å². The van der Waals surface area contributed by atoms with Crippen LogP contribution in [0.25, 0.3) is 0 Å². The maximum absolute atomic E-state index is 12.1. The molecule has 1 aliphatic heterocycles. The van der Waals surface area contributed by atoms with E-state index in [-0.39, 0.29) is 11.5 Å². The zero-order chi connectivity index (χ0) is 13.2. The predicted octanol–water partition coefficient (Wildman–Crippen LogP) is 1.39. The minimum absolute atomic E-state index is 0.0923. The second-order valence-corrected chi connectivity index (χ2v) is 5.03. The van der Waals surface area contributed by atoms with Crippen LogP contribution >= 0.6 is 0 Å². The normalized spacial score (nSPS) is 23.2. The molecule has 1 fully saturated rings. The van der Waals surface area contributed by atoms with E-state index in [4.69, 9.17) is 10.5 Å². The zero-order valence-corrected chi connectivity index (χ0v) is 11.0. The van der Waals surface area contributed by atoms with Gasteiger partial charge in [0.1, 0.15) is 5.69 Å². The van der Waals surface area contributed by atoms with E-state index in [0.717, 1.165) is 26.0 Å². The number of amides is 1. The molecule has 1 aromatic rings. The predicted molar refractivity (Wildman–Crippen MR) is 70.4 cm³/mol. The molecular formula is C13H21N3O2. The van der Waals surface area contributed by atoms with Gasteiger partial charge in [-0.3, -0.25) is 4.79 Å². The van der Waals surface area contributed by atoms with Crippen molar-refractivity contribution >= 4 is 11.6 Å². The van der Waals surface area contributed by atoms with Crippen LogP contribution in [0.4, 0.5) is 5.69 Å². The summed E-state index contributed by atoms with van der Waals surface area (Å²) in [6.07, 6.45) is 3.83. The van der Waals surface area contributed by atoms with Gasteiger partial charge in [-0.1, -0.05) is 0 Å².